The predicted molar refractivity (Wildman–Crippen MR) is 118 cm³/mol. The minimum absolute atomic E-state index is 0.150. The lowest BCUT2D eigenvalue weighted by Crippen LogP contribution is -2.48. The molecule has 172 valence electrons. The Balaban J connectivity index is 1.35. The SMILES string of the molecule is NC(=O)c1c(NC(=O)CN2CCN(c3cccc(C(F)(F)F)c3)CC2)sc2c1CCCC2. The lowest BCUT2D eigenvalue weighted by molar-refractivity contribution is -0.137. The smallest absolute Gasteiger partial charge is 0.369 e. The van der Waals surface area contributed by atoms with Gasteiger partial charge in [-0.25, -0.2) is 0 Å². The van der Waals surface area contributed by atoms with Gasteiger partial charge in [0.2, 0.25) is 5.91 Å². The van der Waals surface area contributed by atoms with Crippen molar-refractivity contribution in [2.24, 2.45) is 5.73 Å². The van der Waals surface area contributed by atoms with Crippen LogP contribution in [-0.2, 0) is 23.8 Å². The van der Waals surface area contributed by atoms with Crippen molar-refractivity contribution in [3.63, 3.8) is 0 Å². The topological polar surface area (TPSA) is 78.7 Å². The molecule has 2 amide bonds. The van der Waals surface area contributed by atoms with Crippen LogP contribution in [0, 0.1) is 0 Å². The zero-order valence-corrected chi connectivity index (χ0v) is 18.3. The number of piperazine rings is 1. The number of halogens is 3. The van der Waals surface area contributed by atoms with E-state index in [1.807, 2.05) is 9.80 Å². The number of primary amides is 1. The number of alkyl halides is 3. The second-order valence-electron chi connectivity index (χ2n) is 8.14. The summed E-state index contributed by atoms with van der Waals surface area (Å²) >= 11 is 1.43. The number of carbonyl (C=O) groups excluding carboxylic acids is 2. The van der Waals surface area contributed by atoms with E-state index in [0.29, 0.717) is 42.4 Å². The number of benzene rings is 1. The van der Waals surface area contributed by atoms with Crippen LogP contribution in [0.1, 0.15) is 39.2 Å². The summed E-state index contributed by atoms with van der Waals surface area (Å²) < 4.78 is 38.9. The van der Waals surface area contributed by atoms with Gasteiger partial charge >= 0.3 is 6.18 Å². The largest absolute Gasteiger partial charge is 0.416 e. The molecule has 0 radical (unpaired) electrons. The summed E-state index contributed by atoms with van der Waals surface area (Å²) in [6, 6.07) is 5.30. The van der Waals surface area contributed by atoms with Crippen LogP contribution < -0.4 is 16.0 Å². The minimum Gasteiger partial charge on any atom is -0.369 e. The van der Waals surface area contributed by atoms with E-state index >= 15 is 0 Å². The molecular formula is C22H25F3N4O2S. The first-order valence-corrected chi connectivity index (χ1v) is 11.4. The third kappa shape index (κ3) is 4.91. The number of amides is 2. The molecule has 2 heterocycles. The van der Waals surface area contributed by atoms with Crippen LogP contribution in [0.4, 0.5) is 23.9 Å². The molecule has 2 aromatic rings. The third-order valence-electron chi connectivity index (χ3n) is 5.95. The zero-order chi connectivity index (χ0) is 22.9. The number of carbonyl (C=O) groups is 2. The summed E-state index contributed by atoms with van der Waals surface area (Å²) in [5.41, 5.74) is 6.85. The average molecular weight is 467 g/mol. The van der Waals surface area contributed by atoms with Gasteiger partial charge in [0.1, 0.15) is 5.00 Å². The van der Waals surface area contributed by atoms with E-state index in [1.165, 1.54) is 17.4 Å². The minimum atomic E-state index is -4.37. The number of rotatable bonds is 5. The Morgan fingerprint density at radius 2 is 1.81 bits per heavy atom. The maximum atomic E-state index is 13.0. The van der Waals surface area contributed by atoms with Gasteiger partial charge in [0.05, 0.1) is 17.7 Å². The van der Waals surface area contributed by atoms with Gasteiger partial charge < -0.3 is 16.0 Å². The van der Waals surface area contributed by atoms with E-state index in [2.05, 4.69) is 5.32 Å². The van der Waals surface area contributed by atoms with Crippen LogP contribution in [0.25, 0.3) is 0 Å². The van der Waals surface area contributed by atoms with Crippen molar-refractivity contribution in [2.45, 2.75) is 31.9 Å². The molecule has 4 rings (SSSR count). The molecule has 0 bridgehead atoms. The highest BCUT2D eigenvalue weighted by Crippen LogP contribution is 2.38. The van der Waals surface area contributed by atoms with Crippen LogP contribution in [0.15, 0.2) is 24.3 Å². The average Bonchev–Trinajstić information content (AvgIpc) is 3.11. The molecule has 1 aliphatic heterocycles. The highest BCUT2D eigenvalue weighted by Gasteiger charge is 2.31. The lowest BCUT2D eigenvalue weighted by atomic mass is 9.95. The number of nitrogens with zero attached hydrogens (tertiary/aromatic N) is 2. The van der Waals surface area contributed by atoms with E-state index < -0.39 is 17.6 Å². The second-order valence-corrected chi connectivity index (χ2v) is 9.24. The van der Waals surface area contributed by atoms with Crippen molar-refractivity contribution in [3.05, 3.63) is 45.8 Å². The fraction of sp³-hybridized carbons (Fsp3) is 0.455. The molecule has 1 aromatic carbocycles. The Morgan fingerprint density at radius 3 is 2.50 bits per heavy atom. The van der Waals surface area contributed by atoms with Gasteiger partial charge in [0.25, 0.3) is 5.91 Å². The molecule has 0 atom stereocenters. The summed E-state index contributed by atoms with van der Waals surface area (Å²) in [4.78, 5) is 29.6. The molecule has 1 aliphatic carbocycles. The molecule has 10 heteroatoms. The fourth-order valence-electron chi connectivity index (χ4n) is 4.33. The standard InChI is InChI=1S/C22H25F3N4O2S/c23-22(24,25)14-4-3-5-15(12-14)29-10-8-28(9-11-29)13-18(30)27-21-19(20(26)31)16-6-1-2-7-17(16)32-21/h3-5,12H,1-2,6-11,13H2,(H2,26,31)(H,27,30). The first-order valence-electron chi connectivity index (χ1n) is 10.6. The van der Waals surface area contributed by atoms with Crippen molar-refractivity contribution in [1.82, 2.24) is 4.90 Å². The Hall–Kier alpha value is -2.59. The molecule has 3 N–H and O–H groups in total. The molecule has 0 saturated carbocycles. The van der Waals surface area contributed by atoms with Crippen LogP contribution in [-0.4, -0.2) is 49.4 Å². The third-order valence-corrected chi connectivity index (χ3v) is 7.16. The van der Waals surface area contributed by atoms with Crippen molar-refractivity contribution in [3.8, 4) is 0 Å². The maximum Gasteiger partial charge on any atom is 0.416 e. The van der Waals surface area contributed by atoms with Gasteiger partial charge in [-0.1, -0.05) is 6.07 Å². The number of thiophene rings is 1. The van der Waals surface area contributed by atoms with E-state index in [0.717, 1.165) is 48.3 Å². The molecular weight excluding hydrogens is 441 g/mol. The van der Waals surface area contributed by atoms with Gasteiger partial charge in [-0.15, -0.1) is 11.3 Å². The number of nitrogens with one attached hydrogen (secondary N) is 1. The molecule has 1 aromatic heterocycles. The Kier molecular flexibility index (Phi) is 6.43. The quantitative estimate of drug-likeness (QED) is 0.707. The molecule has 6 nitrogen and oxygen atoms in total. The van der Waals surface area contributed by atoms with E-state index in [4.69, 9.17) is 5.73 Å². The summed E-state index contributed by atoms with van der Waals surface area (Å²) in [5, 5.41) is 3.39. The van der Waals surface area contributed by atoms with E-state index in [-0.39, 0.29) is 12.5 Å². The highest BCUT2D eigenvalue weighted by molar-refractivity contribution is 7.17. The number of hydrogen-bond acceptors (Lipinski definition) is 5. The summed E-state index contributed by atoms with van der Waals surface area (Å²) in [6.07, 6.45) is -0.603. The molecule has 0 spiro atoms. The number of hydrogen-bond donors (Lipinski definition) is 2. The summed E-state index contributed by atoms with van der Waals surface area (Å²) in [5.74, 6) is -0.743. The summed E-state index contributed by atoms with van der Waals surface area (Å²) in [6.45, 7) is 2.29. The van der Waals surface area contributed by atoms with Gasteiger partial charge in [-0.05, 0) is 49.4 Å². The Bertz CT molecular complexity index is 1010. The van der Waals surface area contributed by atoms with E-state index in [9.17, 15) is 22.8 Å². The van der Waals surface area contributed by atoms with Crippen LogP contribution in [0.3, 0.4) is 0 Å². The van der Waals surface area contributed by atoms with Crippen molar-refractivity contribution >= 4 is 33.8 Å². The van der Waals surface area contributed by atoms with Gasteiger partial charge in [0, 0.05) is 36.7 Å². The first kappa shape index (κ1) is 22.6. The number of anilines is 2. The number of nitrogens with two attached hydrogens (primary N) is 1. The first-order chi connectivity index (χ1) is 15.2. The zero-order valence-electron chi connectivity index (χ0n) is 17.5. The molecule has 1 saturated heterocycles. The maximum absolute atomic E-state index is 13.0. The second kappa shape index (κ2) is 9.11. The molecule has 32 heavy (non-hydrogen) atoms. The fourth-order valence-corrected chi connectivity index (χ4v) is 5.64. The van der Waals surface area contributed by atoms with Gasteiger partial charge in [-0.3, -0.25) is 14.5 Å². The van der Waals surface area contributed by atoms with Crippen molar-refractivity contribution < 1.29 is 22.8 Å². The molecule has 0 unspecified atom stereocenters. The number of aryl methyl sites for hydroxylation is 1. The number of fused-ring (bicyclic) bond motifs is 1. The Morgan fingerprint density at radius 1 is 1.09 bits per heavy atom. The van der Waals surface area contributed by atoms with Crippen LogP contribution in [0.2, 0.25) is 0 Å². The van der Waals surface area contributed by atoms with Crippen LogP contribution in [0.5, 0.6) is 0 Å². The normalized spacial score (nSPS) is 17.2. The molecule has 1 fully saturated rings. The Labute approximate surface area is 188 Å². The van der Waals surface area contributed by atoms with Gasteiger partial charge in [-0.2, -0.15) is 13.2 Å². The monoisotopic (exact) mass is 466 g/mol. The van der Waals surface area contributed by atoms with E-state index in [1.54, 1.807) is 6.07 Å². The van der Waals surface area contributed by atoms with Crippen molar-refractivity contribution in [2.75, 3.05) is 42.9 Å². The highest BCUT2D eigenvalue weighted by atomic mass is 32.1. The predicted octanol–water partition coefficient (Wildman–Crippen LogP) is 3.51. The lowest BCUT2D eigenvalue weighted by Gasteiger charge is -2.36. The van der Waals surface area contributed by atoms with Crippen LogP contribution >= 0.6 is 11.3 Å². The van der Waals surface area contributed by atoms with Crippen molar-refractivity contribution in [1.29, 1.82) is 0 Å². The van der Waals surface area contributed by atoms with Gasteiger partial charge in [0.15, 0.2) is 0 Å². The molecule has 2 aliphatic rings. The summed E-state index contributed by atoms with van der Waals surface area (Å²) in [7, 11) is 0.